The minimum atomic E-state index is -0.650. The maximum atomic E-state index is 13.1. The molecule has 4 amide bonds. The zero-order valence-electron chi connectivity index (χ0n) is 33.0. The van der Waals surface area contributed by atoms with Crippen molar-refractivity contribution in [1.82, 2.24) is 39.7 Å². The Kier molecular flexibility index (Phi) is 12.7. The van der Waals surface area contributed by atoms with E-state index in [1.54, 1.807) is 21.7 Å². The Balaban J connectivity index is 0.808. The van der Waals surface area contributed by atoms with Gasteiger partial charge in [-0.3, -0.25) is 29.5 Å². The van der Waals surface area contributed by atoms with Gasteiger partial charge in [-0.05, 0) is 81.7 Å². The van der Waals surface area contributed by atoms with Crippen molar-refractivity contribution in [2.24, 2.45) is 0 Å². The third-order valence-corrected chi connectivity index (χ3v) is 10.8. The number of aromatic nitrogens is 5. The standard InChI is InChI=1S/C41H52N10O6/c1-26(2)31-24-44-51-37(31)47-41(57-29-16-19-49(3)20-17-29)48-40(51)43-23-27-9-11-28(12-10-27)45-35(52)8-4-5-21-56-22-6-7-33-32-25-50(39(55)30(32)15-18-42-33)34-13-14-36(53)46-38(34)54/h9-12,15,18,24,26,29,34H,4-8,13-14,16-17,19-23,25H2,1-3H3,(H,45,52)(H,43,47,48)(H,46,53,54). The van der Waals surface area contributed by atoms with Gasteiger partial charge in [0.2, 0.25) is 23.7 Å². The number of amides is 4. The van der Waals surface area contributed by atoms with E-state index in [1.807, 2.05) is 30.5 Å². The van der Waals surface area contributed by atoms with Crippen molar-refractivity contribution >= 4 is 40.9 Å². The lowest BCUT2D eigenvalue weighted by atomic mass is 10.0. The average Bonchev–Trinajstić information content (AvgIpc) is 3.78. The maximum absolute atomic E-state index is 13.1. The largest absolute Gasteiger partial charge is 0.460 e. The van der Waals surface area contributed by atoms with Gasteiger partial charge in [0.25, 0.3) is 5.91 Å². The number of hydrogen-bond donors (Lipinski definition) is 3. The molecule has 16 nitrogen and oxygen atoms in total. The number of unbranched alkanes of at least 4 members (excludes halogenated alkanes) is 1. The van der Waals surface area contributed by atoms with E-state index in [0.29, 0.717) is 69.5 Å². The van der Waals surface area contributed by atoms with Crippen LogP contribution in [0.1, 0.15) is 104 Å². The summed E-state index contributed by atoms with van der Waals surface area (Å²) in [4.78, 5) is 67.5. The SMILES string of the molecule is CC(C)c1cnn2c(NCc3ccc(NC(=O)CCCCOCCCc4nccc5c4CN(C4CCC(=O)NC4=O)C5=O)cc3)nc(OC3CCN(C)CC3)nc12. The predicted molar refractivity (Wildman–Crippen MR) is 212 cm³/mol. The highest BCUT2D eigenvalue weighted by Gasteiger charge is 2.40. The van der Waals surface area contributed by atoms with Gasteiger partial charge in [0.15, 0.2) is 5.65 Å². The summed E-state index contributed by atoms with van der Waals surface area (Å²) in [5.41, 5.74) is 5.74. The number of aryl methyl sites for hydroxylation is 1. The molecule has 302 valence electrons. The summed E-state index contributed by atoms with van der Waals surface area (Å²) in [7, 11) is 2.12. The van der Waals surface area contributed by atoms with Crippen LogP contribution in [-0.2, 0) is 38.6 Å². The molecule has 1 atom stereocenters. The number of carbonyl (C=O) groups is 4. The van der Waals surface area contributed by atoms with E-state index in [1.165, 1.54) is 0 Å². The molecule has 16 heteroatoms. The van der Waals surface area contributed by atoms with Gasteiger partial charge >= 0.3 is 6.01 Å². The van der Waals surface area contributed by atoms with Crippen LogP contribution in [0.4, 0.5) is 11.6 Å². The van der Waals surface area contributed by atoms with Crippen LogP contribution in [0.3, 0.4) is 0 Å². The van der Waals surface area contributed by atoms with Gasteiger partial charge in [0.05, 0.1) is 6.20 Å². The number of piperidine rings is 2. The summed E-state index contributed by atoms with van der Waals surface area (Å²) in [6.07, 6.45) is 9.15. The lowest BCUT2D eigenvalue weighted by molar-refractivity contribution is -0.137. The molecule has 0 saturated carbocycles. The Bertz CT molecular complexity index is 2080. The van der Waals surface area contributed by atoms with Gasteiger partial charge in [-0.25, -0.2) is 0 Å². The molecule has 7 rings (SSSR count). The molecule has 2 saturated heterocycles. The first kappa shape index (κ1) is 39.7. The second kappa shape index (κ2) is 18.2. The summed E-state index contributed by atoms with van der Waals surface area (Å²) in [6.45, 7) is 8.07. The molecule has 3 aliphatic rings. The molecule has 0 bridgehead atoms. The number of nitrogens with one attached hydrogen (secondary N) is 3. The number of fused-ring (bicyclic) bond motifs is 2. The van der Waals surface area contributed by atoms with Crippen molar-refractivity contribution in [3.63, 3.8) is 0 Å². The predicted octanol–water partition coefficient (Wildman–Crippen LogP) is 4.25. The number of hydrogen-bond acceptors (Lipinski definition) is 12. The Morgan fingerprint density at radius 1 is 1.00 bits per heavy atom. The normalized spacial score (nSPS) is 17.6. The van der Waals surface area contributed by atoms with Crippen LogP contribution in [0, 0.1) is 0 Å². The number of benzene rings is 1. The summed E-state index contributed by atoms with van der Waals surface area (Å²) in [5, 5.41) is 13.3. The smallest absolute Gasteiger partial charge is 0.322 e. The van der Waals surface area contributed by atoms with Gasteiger partial charge in [-0.2, -0.15) is 19.6 Å². The third kappa shape index (κ3) is 9.74. The van der Waals surface area contributed by atoms with Gasteiger partial charge in [-0.15, -0.1) is 0 Å². The number of ether oxygens (including phenoxy) is 2. The van der Waals surface area contributed by atoms with E-state index in [4.69, 9.17) is 19.4 Å². The number of imide groups is 1. The van der Waals surface area contributed by atoms with Crippen LogP contribution >= 0.6 is 0 Å². The molecule has 0 radical (unpaired) electrons. The van der Waals surface area contributed by atoms with Gasteiger partial charge in [0, 0.05) is 86.5 Å². The molecular formula is C41H52N10O6. The molecule has 4 aromatic rings. The molecule has 0 aliphatic carbocycles. The Labute approximate surface area is 332 Å². The van der Waals surface area contributed by atoms with Crippen molar-refractivity contribution in [2.45, 2.75) is 103 Å². The van der Waals surface area contributed by atoms with E-state index in [2.05, 4.69) is 51.8 Å². The van der Waals surface area contributed by atoms with Crippen molar-refractivity contribution in [3.8, 4) is 6.01 Å². The molecule has 3 aliphatic heterocycles. The molecule has 2 fully saturated rings. The first-order valence-corrected chi connectivity index (χ1v) is 20.1. The van der Waals surface area contributed by atoms with E-state index in [9.17, 15) is 19.2 Å². The first-order chi connectivity index (χ1) is 27.6. The average molecular weight is 781 g/mol. The fourth-order valence-electron chi connectivity index (χ4n) is 7.50. The third-order valence-electron chi connectivity index (χ3n) is 10.8. The number of pyridine rings is 1. The quantitative estimate of drug-likeness (QED) is 0.102. The maximum Gasteiger partial charge on any atom is 0.322 e. The second-order valence-electron chi connectivity index (χ2n) is 15.4. The van der Waals surface area contributed by atoms with Crippen LogP contribution in [0.2, 0.25) is 0 Å². The second-order valence-corrected chi connectivity index (χ2v) is 15.4. The van der Waals surface area contributed by atoms with Crippen molar-refractivity contribution in [2.75, 3.05) is 44.0 Å². The van der Waals surface area contributed by atoms with Crippen LogP contribution in [0.25, 0.3) is 5.65 Å². The van der Waals surface area contributed by atoms with Crippen LogP contribution in [-0.4, -0.2) is 103 Å². The van der Waals surface area contributed by atoms with Crippen molar-refractivity contribution < 1.29 is 28.7 Å². The van der Waals surface area contributed by atoms with E-state index in [-0.39, 0.29) is 36.2 Å². The molecule has 1 unspecified atom stereocenters. The summed E-state index contributed by atoms with van der Waals surface area (Å²) in [6, 6.07) is 9.13. The van der Waals surface area contributed by atoms with Gasteiger partial charge in [0.1, 0.15) is 12.1 Å². The molecule has 0 spiro atoms. The number of carbonyl (C=O) groups excluding carboxylic acids is 4. The van der Waals surface area contributed by atoms with Gasteiger partial charge < -0.3 is 29.9 Å². The topological polar surface area (TPSA) is 185 Å². The lowest BCUT2D eigenvalue weighted by Gasteiger charge is -2.29. The zero-order valence-corrected chi connectivity index (χ0v) is 33.0. The number of rotatable bonds is 17. The number of likely N-dealkylation sites (tertiary alicyclic amines) is 1. The molecule has 57 heavy (non-hydrogen) atoms. The first-order valence-electron chi connectivity index (χ1n) is 20.1. The van der Waals surface area contributed by atoms with Crippen LogP contribution in [0.15, 0.2) is 42.7 Å². The van der Waals surface area contributed by atoms with E-state index in [0.717, 1.165) is 72.5 Å². The molecule has 3 N–H and O–H groups in total. The fraction of sp³-hybridized carbons (Fsp3) is 0.512. The summed E-state index contributed by atoms with van der Waals surface area (Å²) in [5.74, 6) is -0.179. The highest BCUT2D eigenvalue weighted by molar-refractivity contribution is 6.05. The summed E-state index contributed by atoms with van der Waals surface area (Å²) >= 11 is 0. The fourth-order valence-corrected chi connectivity index (χ4v) is 7.50. The van der Waals surface area contributed by atoms with Gasteiger partial charge in [-0.1, -0.05) is 26.0 Å². The lowest BCUT2D eigenvalue weighted by Crippen LogP contribution is -2.52. The molecule has 6 heterocycles. The van der Waals surface area contributed by atoms with Crippen LogP contribution < -0.4 is 20.7 Å². The zero-order chi connectivity index (χ0) is 39.9. The van der Waals surface area contributed by atoms with Crippen LogP contribution in [0.5, 0.6) is 6.01 Å². The minimum absolute atomic E-state index is 0.0501. The summed E-state index contributed by atoms with van der Waals surface area (Å²) < 4.78 is 13.8. The highest BCUT2D eigenvalue weighted by atomic mass is 16.5. The Morgan fingerprint density at radius 3 is 2.56 bits per heavy atom. The number of nitrogens with zero attached hydrogens (tertiary/aromatic N) is 7. The van der Waals surface area contributed by atoms with E-state index >= 15 is 0 Å². The molecule has 3 aromatic heterocycles. The highest BCUT2D eigenvalue weighted by Crippen LogP contribution is 2.30. The minimum Gasteiger partial charge on any atom is -0.460 e. The molecular weight excluding hydrogens is 729 g/mol. The Morgan fingerprint density at radius 2 is 1.79 bits per heavy atom. The monoisotopic (exact) mass is 780 g/mol. The van der Waals surface area contributed by atoms with Crippen molar-refractivity contribution in [3.05, 3.63) is 70.7 Å². The Hall–Kier alpha value is -5.48. The molecule has 1 aromatic carbocycles. The number of anilines is 2. The van der Waals surface area contributed by atoms with Crippen molar-refractivity contribution in [1.29, 1.82) is 0 Å². The van der Waals surface area contributed by atoms with E-state index < -0.39 is 11.9 Å².